The second-order valence-corrected chi connectivity index (χ2v) is 7.71. The molecule has 0 aromatic heterocycles. The number of rotatable bonds is 5. The number of amides is 2. The van der Waals surface area contributed by atoms with E-state index in [1.54, 1.807) is 0 Å². The first-order valence-corrected chi connectivity index (χ1v) is 10.0. The van der Waals surface area contributed by atoms with E-state index in [4.69, 9.17) is 5.73 Å². The van der Waals surface area contributed by atoms with Gasteiger partial charge in [-0.1, -0.05) is 37.5 Å². The molecule has 1 saturated carbocycles. The van der Waals surface area contributed by atoms with Gasteiger partial charge in [0.25, 0.3) is 5.91 Å². The zero-order valence-electron chi connectivity index (χ0n) is 15.5. The highest BCUT2D eigenvalue weighted by molar-refractivity contribution is 5.94. The van der Waals surface area contributed by atoms with E-state index in [-0.39, 0.29) is 23.8 Å². The van der Waals surface area contributed by atoms with Crippen molar-refractivity contribution in [2.45, 2.75) is 51.0 Å². The first-order valence-electron chi connectivity index (χ1n) is 10.0. The van der Waals surface area contributed by atoms with Crippen LogP contribution in [0, 0.1) is 11.8 Å². The third kappa shape index (κ3) is 4.64. The second-order valence-electron chi connectivity index (χ2n) is 7.71. The average molecular weight is 357 g/mol. The molecule has 5 heteroatoms. The Bertz CT molecular complexity index is 599. The zero-order valence-corrected chi connectivity index (χ0v) is 15.5. The number of nitrogens with zero attached hydrogens (tertiary/aromatic N) is 1. The van der Waals surface area contributed by atoms with Gasteiger partial charge in [0, 0.05) is 31.2 Å². The number of carbonyl (C=O) groups is 2. The van der Waals surface area contributed by atoms with Crippen molar-refractivity contribution in [2.75, 3.05) is 19.6 Å². The Balaban J connectivity index is 1.57. The monoisotopic (exact) mass is 357 g/mol. The molecule has 0 spiro atoms. The topological polar surface area (TPSA) is 75.4 Å². The van der Waals surface area contributed by atoms with Gasteiger partial charge in [-0.05, 0) is 43.7 Å². The number of benzene rings is 1. The van der Waals surface area contributed by atoms with E-state index in [1.165, 1.54) is 19.3 Å². The standard InChI is InChI=1S/C21H31N3O2/c22-14-19(16-8-3-1-4-9-16)23-20(25)18-12-7-13-24(15-18)21(26)17-10-5-2-6-11-17/h2,5-6,10-11,16,18-19H,1,3-4,7-9,12-15,22H2,(H,23,25). The van der Waals surface area contributed by atoms with Crippen LogP contribution in [0.5, 0.6) is 0 Å². The van der Waals surface area contributed by atoms with Crippen LogP contribution in [0.25, 0.3) is 0 Å². The Morgan fingerprint density at radius 3 is 2.50 bits per heavy atom. The molecule has 2 fully saturated rings. The largest absolute Gasteiger partial charge is 0.352 e. The molecule has 1 aliphatic heterocycles. The van der Waals surface area contributed by atoms with Crippen LogP contribution in [0.15, 0.2) is 30.3 Å². The fraction of sp³-hybridized carbons (Fsp3) is 0.619. The maximum absolute atomic E-state index is 12.8. The second kappa shape index (κ2) is 9.17. The van der Waals surface area contributed by atoms with Gasteiger partial charge in [-0.3, -0.25) is 9.59 Å². The molecular weight excluding hydrogens is 326 g/mol. The van der Waals surface area contributed by atoms with Crippen molar-refractivity contribution in [1.29, 1.82) is 0 Å². The van der Waals surface area contributed by atoms with Crippen molar-refractivity contribution < 1.29 is 9.59 Å². The average Bonchev–Trinajstić information content (AvgIpc) is 2.72. The maximum atomic E-state index is 12.8. The van der Waals surface area contributed by atoms with Gasteiger partial charge in [-0.15, -0.1) is 0 Å². The molecule has 1 aromatic carbocycles. The van der Waals surface area contributed by atoms with Gasteiger partial charge in [0.05, 0.1) is 5.92 Å². The Morgan fingerprint density at radius 2 is 1.81 bits per heavy atom. The van der Waals surface area contributed by atoms with E-state index < -0.39 is 0 Å². The first-order chi connectivity index (χ1) is 12.7. The molecule has 3 rings (SSSR count). The molecule has 1 aromatic rings. The molecule has 2 atom stereocenters. The number of likely N-dealkylation sites (tertiary alicyclic amines) is 1. The molecule has 2 amide bonds. The Labute approximate surface area is 156 Å². The van der Waals surface area contributed by atoms with Crippen molar-refractivity contribution in [2.24, 2.45) is 17.6 Å². The van der Waals surface area contributed by atoms with Gasteiger partial charge >= 0.3 is 0 Å². The Kier molecular flexibility index (Phi) is 6.67. The van der Waals surface area contributed by atoms with Crippen LogP contribution in [-0.2, 0) is 4.79 Å². The quantitative estimate of drug-likeness (QED) is 0.850. The van der Waals surface area contributed by atoms with Crippen molar-refractivity contribution >= 4 is 11.8 Å². The molecule has 26 heavy (non-hydrogen) atoms. The predicted octanol–water partition coefficient (Wildman–Crippen LogP) is 2.56. The zero-order chi connectivity index (χ0) is 18.4. The lowest BCUT2D eigenvalue weighted by Gasteiger charge is -2.35. The van der Waals surface area contributed by atoms with Gasteiger partial charge in [-0.25, -0.2) is 0 Å². The number of carbonyl (C=O) groups excluding carboxylic acids is 2. The first kappa shape index (κ1) is 18.9. The number of piperidine rings is 1. The summed E-state index contributed by atoms with van der Waals surface area (Å²) >= 11 is 0. The summed E-state index contributed by atoms with van der Waals surface area (Å²) in [4.78, 5) is 27.3. The molecule has 3 N–H and O–H groups in total. The van der Waals surface area contributed by atoms with Crippen LogP contribution in [0.2, 0.25) is 0 Å². The minimum Gasteiger partial charge on any atom is -0.352 e. The van der Waals surface area contributed by atoms with Gasteiger partial charge in [0.15, 0.2) is 0 Å². The lowest BCUT2D eigenvalue weighted by molar-refractivity contribution is -0.127. The predicted molar refractivity (Wildman–Crippen MR) is 103 cm³/mol. The fourth-order valence-corrected chi connectivity index (χ4v) is 4.35. The van der Waals surface area contributed by atoms with Crippen molar-refractivity contribution in [1.82, 2.24) is 10.2 Å². The number of hydrogen-bond acceptors (Lipinski definition) is 3. The third-order valence-electron chi connectivity index (χ3n) is 5.90. The van der Waals surface area contributed by atoms with Crippen LogP contribution >= 0.6 is 0 Å². The summed E-state index contributed by atoms with van der Waals surface area (Å²) < 4.78 is 0. The number of nitrogens with two attached hydrogens (primary N) is 1. The van der Waals surface area contributed by atoms with Crippen LogP contribution < -0.4 is 11.1 Å². The molecule has 5 nitrogen and oxygen atoms in total. The van der Waals surface area contributed by atoms with E-state index in [1.807, 2.05) is 35.2 Å². The van der Waals surface area contributed by atoms with Crippen LogP contribution in [-0.4, -0.2) is 42.4 Å². The van der Waals surface area contributed by atoms with E-state index in [0.717, 1.165) is 32.2 Å². The minimum atomic E-state index is -0.131. The van der Waals surface area contributed by atoms with Gasteiger partial charge < -0.3 is 16.0 Å². The molecule has 1 saturated heterocycles. The highest BCUT2D eigenvalue weighted by Crippen LogP contribution is 2.27. The Hall–Kier alpha value is -1.88. The summed E-state index contributed by atoms with van der Waals surface area (Å²) in [5, 5.41) is 3.20. The number of hydrogen-bond donors (Lipinski definition) is 2. The van der Waals surface area contributed by atoms with Crippen LogP contribution in [0.4, 0.5) is 0 Å². The van der Waals surface area contributed by atoms with E-state index in [0.29, 0.717) is 24.6 Å². The van der Waals surface area contributed by atoms with Crippen LogP contribution in [0.1, 0.15) is 55.3 Å². The van der Waals surface area contributed by atoms with Gasteiger partial charge in [-0.2, -0.15) is 0 Å². The van der Waals surface area contributed by atoms with Crippen molar-refractivity contribution in [3.8, 4) is 0 Å². The molecule has 2 unspecified atom stereocenters. The van der Waals surface area contributed by atoms with Gasteiger partial charge in [0.1, 0.15) is 0 Å². The lowest BCUT2D eigenvalue weighted by atomic mass is 9.83. The summed E-state index contributed by atoms with van der Waals surface area (Å²) in [6.07, 6.45) is 7.79. The fourth-order valence-electron chi connectivity index (χ4n) is 4.35. The summed E-state index contributed by atoms with van der Waals surface area (Å²) in [5.74, 6) is 0.458. The summed E-state index contributed by atoms with van der Waals surface area (Å²) in [7, 11) is 0. The van der Waals surface area contributed by atoms with E-state index in [9.17, 15) is 9.59 Å². The summed E-state index contributed by atoms with van der Waals surface area (Å²) in [6.45, 7) is 1.72. The van der Waals surface area contributed by atoms with E-state index in [2.05, 4.69) is 5.32 Å². The lowest BCUT2D eigenvalue weighted by Crippen LogP contribution is -2.51. The molecule has 2 aliphatic rings. The van der Waals surface area contributed by atoms with E-state index >= 15 is 0 Å². The maximum Gasteiger partial charge on any atom is 0.253 e. The highest BCUT2D eigenvalue weighted by atomic mass is 16.2. The molecule has 0 bridgehead atoms. The summed E-state index contributed by atoms with van der Waals surface area (Å²) in [6, 6.07) is 9.39. The normalized spacial score (nSPS) is 22.7. The molecule has 1 heterocycles. The van der Waals surface area contributed by atoms with Crippen molar-refractivity contribution in [3.05, 3.63) is 35.9 Å². The third-order valence-corrected chi connectivity index (χ3v) is 5.90. The molecular formula is C21H31N3O2. The molecule has 142 valence electrons. The number of nitrogens with one attached hydrogen (secondary N) is 1. The Morgan fingerprint density at radius 1 is 1.08 bits per heavy atom. The summed E-state index contributed by atoms with van der Waals surface area (Å²) in [5.41, 5.74) is 6.64. The SMILES string of the molecule is NCC(NC(=O)C1CCCN(C(=O)c2ccccc2)C1)C1CCCCC1. The molecule has 1 aliphatic carbocycles. The van der Waals surface area contributed by atoms with Crippen molar-refractivity contribution in [3.63, 3.8) is 0 Å². The van der Waals surface area contributed by atoms with Gasteiger partial charge in [0.2, 0.25) is 5.91 Å². The smallest absolute Gasteiger partial charge is 0.253 e. The van der Waals surface area contributed by atoms with Crippen LogP contribution in [0.3, 0.4) is 0 Å². The highest BCUT2D eigenvalue weighted by Gasteiger charge is 2.31. The minimum absolute atomic E-state index is 0.0192. The molecule has 0 radical (unpaired) electrons.